The zero-order valence-electron chi connectivity index (χ0n) is 16.6. The van der Waals surface area contributed by atoms with Gasteiger partial charge in [0.25, 0.3) is 0 Å². The van der Waals surface area contributed by atoms with Crippen LogP contribution in [0.5, 0.6) is 0 Å². The summed E-state index contributed by atoms with van der Waals surface area (Å²) >= 11 is 3.23. The van der Waals surface area contributed by atoms with E-state index in [-0.39, 0.29) is 23.7 Å². The quantitative estimate of drug-likeness (QED) is 0.509. The van der Waals surface area contributed by atoms with Gasteiger partial charge in [-0.15, -0.1) is 6.58 Å². The maximum Gasteiger partial charge on any atom is 0.411 e. The number of aromatic nitrogens is 1. The van der Waals surface area contributed by atoms with Gasteiger partial charge in [-0.25, -0.2) is 9.78 Å². The van der Waals surface area contributed by atoms with Crippen LogP contribution in [0.25, 0.3) is 0 Å². The Morgan fingerprint density at radius 3 is 2.69 bits per heavy atom. The largest absolute Gasteiger partial charge is 0.481 e. The van der Waals surface area contributed by atoms with E-state index in [4.69, 9.17) is 9.84 Å². The highest BCUT2D eigenvalue weighted by Gasteiger charge is 2.66. The fourth-order valence-electron chi connectivity index (χ4n) is 3.74. The van der Waals surface area contributed by atoms with Crippen LogP contribution in [-0.4, -0.2) is 50.6 Å². The Bertz CT molecular complexity index is 881. The predicted molar refractivity (Wildman–Crippen MR) is 109 cm³/mol. The lowest BCUT2D eigenvalue weighted by Gasteiger charge is -2.29. The van der Waals surface area contributed by atoms with Crippen molar-refractivity contribution in [2.24, 2.45) is 5.41 Å². The van der Waals surface area contributed by atoms with Crippen LogP contribution in [0, 0.1) is 5.41 Å². The van der Waals surface area contributed by atoms with E-state index in [9.17, 15) is 14.4 Å². The number of nitrogens with one attached hydrogen (secondary N) is 1. The lowest BCUT2D eigenvalue weighted by Crippen LogP contribution is -2.47. The van der Waals surface area contributed by atoms with Gasteiger partial charge in [0.15, 0.2) is 0 Å². The fraction of sp³-hybridized carbons (Fsp3) is 0.500. The average molecular weight is 466 g/mol. The third-order valence-electron chi connectivity index (χ3n) is 5.16. The highest BCUT2D eigenvalue weighted by atomic mass is 79.9. The fourth-order valence-corrected chi connectivity index (χ4v) is 4.05. The van der Waals surface area contributed by atoms with E-state index in [1.54, 1.807) is 39.0 Å². The number of nitrogens with zero attached hydrogens (tertiary/aromatic N) is 2. The molecule has 2 aliphatic rings. The van der Waals surface area contributed by atoms with Gasteiger partial charge in [-0.3, -0.25) is 14.5 Å². The summed E-state index contributed by atoms with van der Waals surface area (Å²) in [5, 5.41) is 11.8. The normalized spacial score (nSPS) is 25.2. The van der Waals surface area contributed by atoms with Crippen molar-refractivity contribution < 1.29 is 24.2 Å². The zero-order chi connectivity index (χ0) is 21.6. The first-order chi connectivity index (χ1) is 13.5. The van der Waals surface area contributed by atoms with E-state index in [0.29, 0.717) is 16.6 Å². The molecule has 2 heterocycles. The van der Waals surface area contributed by atoms with Gasteiger partial charge in [-0.05, 0) is 55.6 Å². The van der Waals surface area contributed by atoms with E-state index >= 15 is 0 Å². The zero-order valence-corrected chi connectivity index (χ0v) is 18.2. The van der Waals surface area contributed by atoms with Crippen LogP contribution in [0.1, 0.15) is 39.2 Å². The summed E-state index contributed by atoms with van der Waals surface area (Å²) in [4.78, 5) is 42.7. The van der Waals surface area contributed by atoms with Crippen molar-refractivity contribution in [1.82, 2.24) is 9.88 Å². The number of hydrogen-bond acceptors (Lipinski definition) is 5. The molecule has 1 aliphatic heterocycles. The molecule has 0 aromatic carbocycles. The standard InChI is InChI=1S/C20H24BrN3O5/c1-5-20-9-12(24(13(20)10-20)18(28)29-19(2,3)4)17(27)23-16-11(8-15(25)26)6-7-14(21)22-16/h5-7,12-13H,1,8-10H2,2-4H3,(H,25,26)(H,22,23,27)/t12-,13+,20-/m0/s1. The van der Waals surface area contributed by atoms with Gasteiger partial charge in [0.05, 0.1) is 6.42 Å². The summed E-state index contributed by atoms with van der Waals surface area (Å²) in [6.07, 6.45) is 2.16. The van der Waals surface area contributed by atoms with Crippen molar-refractivity contribution in [3.05, 3.63) is 35.0 Å². The molecule has 1 aromatic heterocycles. The van der Waals surface area contributed by atoms with Crippen molar-refractivity contribution in [2.45, 2.75) is 57.7 Å². The molecule has 1 aliphatic carbocycles. The van der Waals surface area contributed by atoms with Crippen LogP contribution in [0.2, 0.25) is 0 Å². The van der Waals surface area contributed by atoms with Crippen molar-refractivity contribution >= 4 is 39.7 Å². The molecule has 2 amide bonds. The van der Waals surface area contributed by atoms with E-state index in [1.165, 1.54) is 4.90 Å². The number of aliphatic carboxylic acids is 1. The molecule has 2 fully saturated rings. The van der Waals surface area contributed by atoms with Gasteiger partial charge in [-0.2, -0.15) is 0 Å². The SMILES string of the molecule is C=C[C@@]12C[C@@H](C(=O)Nc3nc(Br)ccc3CC(=O)O)N(C(=O)OC(C)(C)C)[C@@H]1C2. The summed E-state index contributed by atoms with van der Waals surface area (Å²) < 4.78 is 5.97. The Morgan fingerprint density at radius 1 is 1.41 bits per heavy atom. The van der Waals surface area contributed by atoms with Crippen LogP contribution in [0.15, 0.2) is 29.4 Å². The predicted octanol–water partition coefficient (Wildman–Crippen LogP) is 3.36. The Hall–Kier alpha value is -2.42. The van der Waals surface area contributed by atoms with E-state index in [2.05, 4.69) is 32.8 Å². The van der Waals surface area contributed by atoms with Crippen LogP contribution >= 0.6 is 15.9 Å². The minimum absolute atomic E-state index is 0.125. The maximum atomic E-state index is 13.1. The topological polar surface area (TPSA) is 109 Å². The lowest BCUT2D eigenvalue weighted by atomic mass is 9.99. The second-order valence-corrected chi connectivity index (χ2v) is 9.28. The van der Waals surface area contributed by atoms with E-state index in [0.717, 1.165) is 6.42 Å². The van der Waals surface area contributed by atoms with Crippen molar-refractivity contribution in [3.8, 4) is 0 Å². The molecule has 3 rings (SSSR count). The summed E-state index contributed by atoms with van der Waals surface area (Å²) in [5.41, 5.74) is -0.597. The number of ether oxygens (including phenoxy) is 1. The highest BCUT2D eigenvalue weighted by molar-refractivity contribution is 9.10. The number of carbonyl (C=O) groups is 3. The monoisotopic (exact) mass is 465 g/mol. The molecule has 29 heavy (non-hydrogen) atoms. The van der Waals surface area contributed by atoms with Crippen molar-refractivity contribution in [3.63, 3.8) is 0 Å². The molecular weight excluding hydrogens is 442 g/mol. The Balaban J connectivity index is 1.84. The smallest absolute Gasteiger partial charge is 0.411 e. The van der Waals surface area contributed by atoms with Crippen LogP contribution in [0.4, 0.5) is 10.6 Å². The summed E-state index contributed by atoms with van der Waals surface area (Å²) in [6.45, 7) is 9.18. The highest BCUT2D eigenvalue weighted by Crippen LogP contribution is 2.60. The second kappa shape index (κ2) is 7.44. The molecule has 9 heteroatoms. The molecule has 1 saturated carbocycles. The summed E-state index contributed by atoms with van der Waals surface area (Å²) in [5.74, 6) is -1.31. The van der Waals surface area contributed by atoms with Crippen LogP contribution < -0.4 is 5.32 Å². The number of piperidine rings is 1. The van der Waals surface area contributed by atoms with Crippen LogP contribution in [0.3, 0.4) is 0 Å². The molecular formula is C20H24BrN3O5. The molecule has 0 spiro atoms. The third-order valence-corrected chi connectivity index (χ3v) is 5.61. The van der Waals surface area contributed by atoms with E-state index < -0.39 is 29.6 Å². The number of fused-ring (bicyclic) bond motifs is 1. The molecule has 2 N–H and O–H groups in total. The molecule has 1 saturated heterocycles. The Kier molecular flexibility index (Phi) is 5.46. The molecule has 8 nitrogen and oxygen atoms in total. The first-order valence-corrected chi connectivity index (χ1v) is 10.1. The number of likely N-dealkylation sites (tertiary alicyclic amines) is 1. The van der Waals surface area contributed by atoms with Gasteiger partial charge in [0.2, 0.25) is 5.91 Å². The maximum absolute atomic E-state index is 13.1. The van der Waals surface area contributed by atoms with Crippen molar-refractivity contribution in [2.75, 3.05) is 5.32 Å². The minimum Gasteiger partial charge on any atom is -0.481 e. The Labute approximate surface area is 177 Å². The first-order valence-electron chi connectivity index (χ1n) is 9.29. The minimum atomic E-state index is -1.03. The van der Waals surface area contributed by atoms with E-state index in [1.807, 2.05) is 0 Å². The van der Waals surface area contributed by atoms with Gasteiger partial charge in [-0.1, -0.05) is 12.1 Å². The number of anilines is 1. The van der Waals surface area contributed by atoms with Gasteiger partial charge in [0, 0.05) is 17.0 Å². The molecule has 1 aromatic rings. The summed E-state index contributed by atoms with van der Waals surface area (Å²) in [7, 11) is 0. The number of pyridine rings is 1. The second-order valence-electron chi connectivity index (χ2n) is 8.47. The summed E-state index contributed by atoms with van der Waals surface area (Å²) in [6, 6.07) is 2.32. The number of carboxylic acids is 1. The first kappa shape index (κ1) is 21.3. The number of hydrogen-bond donors (Lipinski definition) is 2. The molecule has 0 bridgehead atoms. The number of rotatable bonds is 5. The number of carboxylic acid groups (broad SMARTS) is 1. The number of halogens is 1. The van der Waals surface area contributed by atoms with Crippen molar-refractivity contribution in [1.29, 1.82) is 0 Å². The number of carbonyl (C=O) groups excluding carboxylic acids is 2. The molecule has 0 radical (unpaired) electrons. The average Bonchev–Trinajstić information content (AvgIpc) is 3.20. The molecule has 3 atom stereocenters. The molecule has 156 valence electrons. The number of amides is 2. The van der Waals surface area contributed by atoms with Gasteiger partial charge < -0.3 is 15.2 Å². The van der Waals surface area contributed by atoms with Gasteiger partial charge in [0.1, 0.15) is 22.1 Å². The van der Waals surface area contributed by atoms with Crippen LogP contribution in [-0.2, 0) is 20.7 Å². The third kappa shape index (κ3) is 4.44. The van der Waals surface area contributed by atoms with Gasteiger partial charge >= 0.3 is 12.1 Å². The Morgan fingerprint density at radius 2 is 2.10 bits per heavy atom. The molecule has 0 unspecified atom stereocenters. The lowest BCUT2D eigenvalue weighted by molar-refractivity contribution is -0.136.